The van der Waals surface area contributed by atoms with Gasteiger partial charge >= 0.3 is 0 Å². The predicted octanol–water partition coefficient (Wildman–Crippen LogP) is 4.82. The van der Waals surface area contributed by atoms with E-state index in [1.807, 2.05) is 26.0 Å². The van der Waals surface area contributed by atoms with Crippen LogP contribution in [0.15, 0.2) is 47.6 Å². The average Bonchev–Trinajstić information content (AvgIpc) is 2.79. The summed E-state index contributed by atoms with van der Waals surface area (Å²) in [5.74, 6) is 0.705. The minimum Gasteiger partial charge on any atom is -0.493 e. The quantitative estimate of drug-likeness (QED) is 0.262. The Morgan fingerprint density at radius 2 is 1.85 bits per heavy atom. The molecular weight excluding hydrogens is 442 g/mol. The summed E-state index contributed by atoms with van der Waals surface area (Å²) in [7, 11) is 1.57. The number of carbonyl (C=O) groups excluding carboxylic acids is 2. The summed E-state index contributed by atoms with van der Waals surface area (Å²) in [5, 5.41) is 7.37. The molecule has 33 heavy (non-hydrogen) atoms. The van der Waals surface area contributed by atoms with Gasteiger partial charge in [-0.05, 0) is 66.8 Å². The molecule has 0 bridgehead atoms. The van der Waals surface area contributed by atoms with Gasteiger partial charge in [0.1, 0.15) is 6.04 Å². The monoisotopic (exact) mass is 473 g/mol. The summed E-state index contributed by atoms with van der Waals surface area (Å²) in [6, 6.07) is 11.2. The van der Waals surface area contributed by atoms with Crippen LogP contribution >= 0.6 is 11.6 Å². The van der Waals surface area contributed by atoms with Crippen molar-refractivity contribution in [1.29, 1.82) is 0 Å². The molecule has 0 saturated carbocycles. The van der Waals surface area contributed by atoms with E-state index in [0.717, 1.165) is 18.4 Å². The van der Waals surface area contributed by atoms with E-state index in [2.05, 4.69) is 22.8 Å². The number of nitrogens with zero attached hydrogens (tertiary/aromatic N) is 1. The second-order valence-electron chi connectivity index (χ2n) is 8.01. The molecule has 1 atom stereocenters. The molecule has 0 radical (unpaired) electrons. The van der Waals surface area contributed by atoms with Crippen LogP contribution in [-0.2, 0) is 4.79 Å². The van der Waals surface area contributed by atoms with Crippen molar-refractivity contribution in [2.24, 2.45) is 11.0 Å². The first-order valence-electron chi connectivity index (χ1n) is 11.0. The van der Waals surface area contributed by atoms with Gasteiger partial charge < -0.3 is 14.8 Å². The number of carbonyl (C=O) groups is 2. The summed E-state index contributed by atoms with van der Waals surface area (Å²) in [4.78, 5) is 25.3. The van der Waals surface area contributed by atoms with Crippen LogP contribution in [-0.4, -0.2) is 37.8 Å². The van der Waals surface area contributed by atoms with Crippen molar-refractivity contribution >= 4 is 29.6 Å². The second-order valence-corrected chi connectivity index (χ2v) is 8.45. The first kappa shape index (κ1) is 26.2. The highest BCUT2D eigenvalue weighted by molar-refractivity contribution is 6.30. The fraction of sp³-hybridized carbons (Fsp3) is 0.400. The Labute approximate surface area is 200 Å². The van der Waals surface area contributed by atoms with Crippen LogP contribution < -0.4 is 20.2 Å². The SMILES string of the molecule is CCCCOc1ccc(/C=N/NC(=O)C(CC(C)C)NC(=O)c2ccc(Cl)cc2)cc1OC. The lowest BCUT2D eigenvalue weighted by molar-refractivity contribution is -0.123. The maximum absolute atomic E-state index is 12.7. The molecule has 0 fully saturated rings. The van der Waals surface area contributed by atoms with Crippen LogP contribution in [0.5, 0.6) is 11.5 Å². The second kappa shape index (κ2) is 13.5. The maximum Gasteiger partial charge on any atom is 0.262 e. The highest BCUT2D eigenvalue weighted by Crippen LogP contribution is 2.27. The molecule has 178 valence electrons. The van der Waals surface area contributed by atoms with Gasteiger partial charge in [0.05, 0.1) is 19.9 Å². The van der Waals surface area contributed by atoms with E-state index in [4.69, 9.17) is 21.1 Å². The van der Waals surface area contributed by atoms with Crippen molar-refractivity contribution in [2.45, 2.75) is 46.1 Å². The smallest absolute Gasteiger partial charge is 0.262 e. The number of rotatable bonds is 12. The Morgan fingerprint density at radius 3 is 2.48 bits per heavy atom. The molecule has 0 aromatic heterocycles. The molecule has 8 heteroatoms. The Morgan fingerprint density at radius 1 is 1.12 bits per heavy atom. The number of benzene rings is 2. The molecule has 0 saturated heterocycles. The molecule has 0 aliphatic heterocycles. The van der Waals surface area contributed by atoms with Gasteiger partial charge in [-0.1, -0.05) is 38.8 Å². The fourth-order valence-corrected chi connectivity index (χ4v) is 3.13. The van der Waals surface area contributed by atoms with Crippen molar-refractivity contribution in [3.63, 3.8) is 0 Å². The van der Waals surface area contributed by atoms with Crippen molar-refractivity contribution in [3.05, 3.63) is 58.6 Å². The van der Waals surface area contributed by atoms with Crippen molar-refractivity contribution in [1.82, 2.24) is 10.7 Å². The molecule has 7 nitrogen and oxygen atoms in total. The Bertz CT molecular complexity index is 945. The molecule has 2 amide bonds. The first-order chi connectivity index (χ1) is 15.8. The van der Waals surface area contributed by atoms with Crippen LogP contribution in [0.3, 0.4) is 0 Å². The lowest BCUT2D eigenvalue weighted by Gasteiger charge is -2.19. The Balaban J connectivity index is 2.02. The number of hydrogen-bond donors (Lipinski definition) is 2. The van der Waals surface area contributed by atoms with E-state index in [0.29, 0.717) is 35.1 Å². The zero-order valence-corrected chi connectivity index (χ0v) is 20.3. The van der Waals surface area contributed by atoms with Crippen LogP contribution in [0.4, 0.5) is 0 Å². The summed E-state index contributed by atoms with van der Waals surface area (Å²) in [5.41, 5.74) is 3.68. The Kier molecular flexibility index (Phi) is 10.7. The van der Waals surface area contributed by atoms with E-state index in [9.17, 15) is 9.59 Å². The van der Waals surface area contributed by atoms with Crippen LogP contribution in [0.2, 0.25) is 5.02 Å². The summed E-state index contributed by atoms with van der Waals surface area (Å²) in [6.07, 6.45) is 4.00. The maximum atomic E-state index is 12.7. The summed E-state index contributed by atoms with van der Waals surface area (Å²) in [6.45, 7) is 6.68. The molecule has 0 aliphatic carbocycles. The van der Waals surface area contributed by atoms with E-state index >= 15 is 0 Å². The number of ether oxygens (including phenoxy) is 2. The molecule has 0 aliphatic rings. The number of hydrogen-bond acceptors (Lipinski definition) is 5. The van der Waals surface area contributed by atoms with Crippen LogP contribution in [0.25, 0.3) is 0 Å². The van der Waals surface area contributed by atoms with Crippen molar-refractivity contribution in [3.8, 4) is 11.5 Å². The first-order valence-corrected chi connectivity index (χ1v) is 11.4. The van der Waals surface area contributed by atoms with Crippen molar-refractivity contribution in [2.75, 3.05) is 13.7 Å². The molecular formula is C25H32ClN3O4. The van der Waals surface area contributed by atoms with Gasteiger partial charge in [-0.3, -0.25) is 9.59 Å². The predicted molar refractivity (Wildman–Crippen MR) is 131 cm³/mol. The van der Waals surface area contributed by atoms with Crippen molar-refractivity contribution < 1.29 is 19.1 Å². The van der Waals surface area contributed by atoms with Gasteiger partial charge in [-0.25, -0.2) is 5.43 Å². The normalized spacial score (nSPS) is 11.9. The lowest BCUT2D eigenvalue weighted by Crippen LogP contribution is -2.46. The summed E-state index contributed by atoms with van der Waals surface area (Å²) < 4.78 is 11.1. The topological polar surface area (TPSA) is 89.0 Å². The number of amides is 2. The minimum absolute atomic E-state index is 0.194. The molecule has 2 aromatic carbocycles. The lowest BCUT2D eigenvalue weighted by atomic mass is 10.0. The molecule has 0 heterocycles. The van der Waals surface area contributed by atoms with Gasteiger partial charge in [0.2, 0.25) is 0 Å². The zero-order chi connectivity index (χ0) is 24.2. The highest BCUT2D eigenvalue weighted by atomic mass is 35.5. The molecule has 2 rings (SSSR count). The summed E-state index contributed by atoms with van der Waals surface area (Å²) >= 11 is 5.88. The minimum atomic E-state index is -0.728. The fourth-order valence-electron chi connectivity index (χ4n) is 3.00. The van der Waals surface area contributed by atoms with Gasteiger partial charge in [-0.15, -0.1) is 0 Å². The third-order valence-electron chi connectivity index (χ3n) is 4.77. The standard InChI is InChI=1S/C25H32ClN3O4/c1-5-6-13-33-22-12-7-18(15-23(22)32-4)16-27-29-25(31)21(14-17(2)3)28-24(30)19-8-10-20(26)11-9-19/h7-12,15-17,21H,5-6,13-14H2,1-4H3,(H,28,30)(H,29,31)/b27-16+. The van der Waals surface area contributed by atoms with Gasteiger partial charge in [0, 0.05) is 10.6 Å². The number of nitrogens with one attached hydrogen (secondary N) is 2. The average molecular weight is 474 g/mol. The van der Waals surface area contributed by atoms with Crippen LogP contribution in [0.1, 0.15) is 56.0 Å². The van der Waals surface area contributed by atoms with Crippen LogP contribution in [0, 0.1) is 5.92 Å². The molecule has 2 aromatic rings. The number of unbranched alkanes of at least 4 members (excludes halogenated alkanes) is 1. The third-order valence-corrected chi connectivity index (χ3v) is 5.02. The van der Waals surface area contributed by atoms with Gasteiger partial charge in [0.15, 0.2) is 11.5 Å². The van der Waals surface area contributed by atoms with E-state index in [1.165, 1.54) is 6.21 Å². The molecule has 1 unspecified atom stereocenters. The van der Waals surface area contributed by atoms with E-state index < -0.39 is 11.9 Å². The number of halogens is 1. The molecule has 2 N–H and O–H groups in total. The van der Waals surface area contributed by atoms with Gasteiger partial charge in [0.25, 0.3) is 11.8 Å². The Hall–Kier alpha value is -3.06. The molecule has 0 spiro atoms. The highest BCUT2D eigenvalue weighted by Gasteiger charge is 2.22. The van der Waals surface area contributed by atoms with E-state index in [-0.39, 0.29) is 11.8 Å². The zero-order valence-electron chi connectivity index (χ0n) is 19.6. The number of methoxy groups -OCH3 is 1. The van der Waals surface area contributed by atoms with Gasteiger partial charge in [-0.2, -0.15) is 5.10 Å². The van der Waals surface area contributed by atoms with E-state index in [1.54, 1.807) is 37.4 Å². The number of hydrazone groups is 1. The largest absolute Gasteiger partial charge is 0.493 e. The third kappa shape index (κ3) is 8.77.